The van der Waals surface area contributed by atoms with Crippen molar-refractivity contribution in [3.05, 3.63) is 116 Å². The summed E-state index contributed by atoms with van der Waals surface area (Å²) in [6.45, 7) is 4.35. The van der Waals surface area contributed by atoms with Crippen molar-refractivity contribution in [2.45, 2.75) is 19.3 Å². The van der Waals surface area contributed by atoms with Gasteiger partial charge in [-0.1, -0.05) is 44.2 Å². The molecular weight excluding hydrogens is 489 g/mol. The van der Waals surface area contributed by atoms with Crippen LogP contribution in [0.5, 0.6) is 0 Å². The standard InChI is InChI=1S/C28H24FN5O2S/c1-28(2)21-8-4-6-10-23(21)32(3)26(28)16-17-30-33-25(19-12-14-20(29)15-13-19)18-37-27(33)31-22-9-5-7-11-24(22)34(35)36/h4-18H,1-3H3. The molecule has 0 saturated carbocycles. The maximum absolute atomic E-state index is 13.6. The fourth-order valence-corrected chi connectivity index (χ4v) is 5.45. The van der Waals surface area contributed by atoms with Crippen molar-refractivity contribution in [1.29, 1.82) is 0 Å². The SMILES string of the molecule is CN1C(=CC=Nn2c(-c3ccc(F)cc3)csc2=Nc2ccccc2[N+](=O)[O-])C(C)(C)c2ccccc21. The monoisotopic (exact) mass is 513 g/mol. The Morgan fingerprint density at radius 3 is 2.46 bits per heavy atom. The molecule has 9 heteroatoms. The first-order valence-corrected chi connectivity index (χ1v) is 12.5. The van der Waals surface area contributed by atoms with Gasteiger partial charge in [-0.15, -0.1) is 11.3 Å². The van der Waals surface area contributed by atoms with E-state index in [0.717, 1.165) is 16.9 Å². The summed E-state index contributed by atoms with van der Waals surface area (Å²) < 4.78 is 15.2. The summed E-state index contributed by atoms with van der Waals surface area (Å²) in [5, 5.41) is 18.1. The van der Waals surface area contributed by atoms with Gasteiger partial charge in [0.2, 0.25) is 4.80 Å². The van der Waals surface area contributed by atoms with E-state index in [4.69, 9.17) is 5.10 Å². The lowest BCUT2D eigenvalue weighted by molar-refractivity contribution is -0.384. The zero-order valence-corrected chi connectivity index (χ0v) is 21.3. The van der Waals surface area contributed by atoms with Crippen LogP contribution in [-0.4, -0.2) is 22.9 Å². The minimum absolute atomic E-state index is 0.0935. The van der Waals surface area contributed by atoms with E-state index >= 15 is 0 Å². The molecular formula is C28H24FN5O2S. The van der Waals surface area contributed by atoms with E-state index in [9.17, 15) is 14.5 Å². The van der Waals surface area contributed by atoms with Crippen LogP contribution in [0.25, 0.3) is 11.3 Å². The number of aromatic nitrogens is 1. The number of thiazole rings is 1. The Balaban J connectivity index is 1.62. The molecule has 37 heavy (non-hydrogen) atoms. The second-order valence-corrected chi connectivity index (χ2v) is 9.93. The molecule has 5 rings (SSSR count). The Morgan fingerprint density at radius 2 is 1.73 bits per heavy atom. The molecule has 7 nitrogen and oxygen atoms in total. The van der Waals surface area contributed by atoms with Gasteiger partial charge in [-0.2, -0.15) is 5.10 Å². The van der Waals surface area contributed by atoms with Gasteiger partial charge in [0.1, 0.15) is 11.5 Å². The molecule has 0 fully saturated rings. The van der Waals surface area contributed by atoms with Crippen molar-refractivity contribution in [2.75, 3.05) is 11.9 Å². The minimum Gasteiger partial charge on any atom is -0.347 e. The van der Waals surface area contributed by atoms with Gasteiger partial charge in [0.25, 0.3) is 5.69 Å². The molecule has 0 radical (unpaired) electrons. The maximum Gasteiger partial charge on any atom is 0.294 e. The van der Waals surface area contributed by atoms with Gasteiger partial charge in [0.05, 0.1) is 10.6 Å². The topological polar surface area (TPSA) is 76.0 Å². The summed E-state index contributed by atoms with van der Waals surface area (Å²) in [5.74, 6) is -0.338. The van der Waals surface area contributed by atoms with Gasteiger partial charge >= 0.3 is 0 Å². The Labute approximate surface area is 217 Å². The molecule has 4 aromatic rings. The van der Waals surface area contributed by atoms with Crippen LogP contribution in [0.4, 0.5) is 21.5 Å². The van der Waals surface area contributed by atoms with Crippen molar-refractivity contribution in [3.8, 4) is 11.3 Å². The van der Waals surface area contributed by atoms with Gasteiger partial charge in [0, 0.05) is 47.1 Å². The third kappa shape index (κ3) is 4.49. The number of benzene rings is 3. The highest BCUT2D eigenvalue weighted by atomic mass is 32.1. The number of anilines is 1. The summed E-state index contributed by atoms with van der Waals surface area (Å²) in [6.07, 6.45) is 3.67. The Morgan fingerprint density at radius 1 is 1.03 bits per heavy atom. The molecule has 0 N–H and O–H groups in total. The van der Waals surface area contributed by atoms with Crippen LogP contribution >= 0.6 is 11.3 Å². The molecule has 0 atom stereocenters. The largest absolute Gasteiger partial charge is 0.347 e. The van der Waals surface area contributed by atoms with E-state index in [1.807, 2.05) is 30.6 Å². The van der Waals surface area contributed by atoms with E-state index in [-0.39, 0.29) is 22.6 Å². The number of hydrogen-bond acceptors (Lipinski definition) is 6. The number of hydrogen-bond donors (Lipinski definition) is 0. The lowest BCUT2D eigenvalue weighted by Crippen LogP contribution is -2.23. The van der Waals surface area contributed by atoms with Gasteiger partial charge in [-0.05, 0) is 48.0 Å². The van der Waals surface area contributed by atoms with Gasteiger partial charge in [0.15, 0.2) is 0 Å². The van der Waals surface area contributed by atoms with Crippen LogP contribution < -0.4 is 9.70 Å². The van der Waals surface area contributed by atoms with Crippen LogP contribution in [0.2, 0.25) is 0 Å². The van der Waals surface area contributed by atoms with Crippen LogP contribution in [0.1, 0.15) is 19.4 Å². The van der Waals surface area contributed by atoms with E-state index in [1.54, 1.807) is 41.2 Å². The van der Waals surface area contributed by atoms with Crippen molar-refractivity contribution < 1.29 is 9.31 Å². The Bertz CT molecular complexity index is 1620. The summed E-state index contributed by atoms with van der Waals surface area (Å²) in [5.41, 5.74) is 4.83. The molecule has 0 amide bonds. The second-order valence-electron chi connectivity index (χ2n) is 9.10. The highest BCUT2D eigenvalue weighted by Crippen LogP contribution is 2.46. The Hall–Kier alpha value is -4.37. The number of likely N-dealkylation sites (N-methyl/N-ethyl adjacent to an activating group) is 1. The minimum atomic E-state index is -0.457. The zero-order chi connectivity index (χ0) is 26.2. The smallest absolute Gasteiger partial charge is 0.294 e. The van der Waals surface area contributed by atoms with Gasteiger partial charge in [-0.25, -0.2) is 14.1 Å². The maximum atomic E-state index is 13.6. The normalized spacial score (nSPS) is 16.1. The first-order chi connectivity index (χ1) is 17.8. The lowest BCUT2D eigenvalue weighted by Gasteiger charge is -2.23. The number of halogens is 1. The van der Waals surface area contributed by atoms with Crippen LogP contribution in [0.15, 0.2) is 100 Å². The molecule has 0 spiro atoms. The molecule has 0 unspecified atom stereocenters. The predicted octanol–water partition coefficient (Wildman–Crippen LogP) is 6.64. The third-order valence-corrected chi connectivity index (χ3v) is 7.29. The summed E-state index contributed by atoms with van der Waals surface area (Å²) in [4.78, 5) is 18.2. The number of rotatable bonds is 5. The number of nitro benzene ring substituents is 1. The highest BCUT2D eigenvalue weighted by Gasteiger charge is 2.37. The molecule has 0 aliphatic carbocycles. The van der Waals surface area contributed by atoms with Crippen molar-refractivity contribution >= 4 is 34.6 Å². The van der Waals surface area contributed by atoms with Crippen LogP contribution in [0, 0.1) is 15.9 Å². The molecule has 0 bridgehead atoms. The zero-order valence-electron chi connectivity index (χ0n) is 20.5. The number of nitro groups is 1. The Kier molecular flexibility index (Phi) is 6.31. The first kappa shape index (κ1) is 24.3. The molecule has 186 valence electrons. The van der Waals surface area contributed by atoms with Crippen molar-refractivity contribution in [2.24, 2.45) is 10.1 Å². The first-order valence-electron chi connectivity index (χ1n) is 11.6. The number of fused-ring (bicyclic) bond motifs is 1. The van der Waals surface area contributed by atoms with Crippen molar-refractivity contribution in [3.63, 3.8) is 0 Å². The average Bonchev–Trinajstić information content (AvgIpc) is 3.36. The van der Waals surface area contributed by atoms with E-state index in [0.29, 0.717) is 10.5 Å². The van der Waals surface area contributed by atoms with E-state index in [2.05, 4.69) is 35.9 Å². The summed E-state index contributed by atoms with van der Waals surface area (Å²) in [6, 6.07) is 20.7. The number of para-hydroxylation sites is 3. The molecule has 1 aliphatic heterocycles. The lowest BCUT2D eigenvalue weighted by atomic mass is 9.84. The highest BCUT2D eigenvalue weighted by molar-refractivity contribution is 7.07. The average molecular weight is 514 g/mol. The third-order valence-electron chi connectivity index (χ3n) is 6.47. The summed E-state index contributed by atoms with van der Waals surface area (Å²) >= 11 is 1.30. The fraction of sp³-hybridized carbons (Fsp3) is 0.143. The quantitative estimate of drug-likeness (QED) is 0.170. The molecule has 1 aromatic heterocycles. The van der Waals surface area contributed by atoms with Crippen LogP contribution in [-0.2, 0) is 5.41 Å². The van der Waals surface area contributed by atoms with Crippen molar-refractivity contribution in [1.82, 2.24) is 4.68 Å². The second kappa shape index (κ2) is 9.59. The fourth-order valence-electron chi connectivity index (χ4n) is 4.60. The predicted molar refractivity (Wildman–Crippen MR) is 146 cm³/mol. The van der Waals surface area contributed by atoms with E-state index < -0.39 is 4.92 Å². The summed E-state index contributed by atoms with van der Waals surface area (Å²) in [7, 11) is 2.03. The van der Waals surface area contributed by atoms with Crippen LogP contribution in [0.3, 0.4) is 0 Å². The van der Waals surface area contributed by atoms with Gasteiger partial charge in [-0.3, -0.25) is 10.1 Å². The molecule has 1 aliphatic rings. The number of nitrogens with zero attached hydrogens (tertiary/aromatic N) is 5. The molecule has 2 heterocycles. The van der Waals surface area contributed by atoms with Gasteiger partial charge < -0.3 is 4.90 Å². The number of allylic oxidation sites excluding steroid dienone is 2. The molecule has 0 saturated heterocycles. The molecule has 3 aromatic carbocycles. The van der Waals surface area contributed by atoms with E-state index in [1.165, 1.54) is 35.1 Å².